The lowest BCUT2D eigenvalue weighted by Crippen LogP contribution is -2.44. The first kappa shape index (κ1) is 13.7. The standard InChI is InChI=1S/C11H18O7/c1-5(13)15-8-7(6(14)4-12)16-10-9(8)17-11(2,3)18-10/h6-10,12,14H,4H2,1-3H3/t6?,7-,8+,9-,10?/m1/s1. The molecule has 5 atom stereocenters. The Balaban J connectivity index is 2.14. The van der Waals surface area contributed by atoms with E-state index >= 15 is 0 Å². The van der Waals surface area contributed by atoms with Gasteiger partial charge in [-0.25, -0.2) is 0 Å². The molecular formula is C11H18O7. The van der Waals surface area contributed by atoms with E-state index in [0.29, 0.717) is 0 Å². The van der Waals surface area contributed by atoms with Gasteiger partial charge in [0.2, 0.25) is 0 Å². The number of ether oxygens (including phenoxy) is 4. The summed E-state index contributed by atoms with van der Waals surface area (Å²) < 4.78 is 21.6. The highest BCUT2D eigenvalue weighted by molar-refractivity contribution is 5.66. The van der Waals surface area contributed by atoms with E-state index in [4.69, 9.17) is 24.1 Å². The molecular weight excluding hydrogens is 244 g/mol. The fraction of sp³-hybridized carbons (Fsp3) is 0.909. The SMILES string of the molecule is CC(=O)O[C@H]1[C@@H](C(O)CO)OC2OC(C)(C)O[C@@H]21. The van der Waals surface area contributed by atoms with Crippen molar-refractivity contribution in [2.24, 2.45) is 0 Å². The van der Waals surface area contributed by atoms with E-state index < -0.39 is 49.1 Å². The van der Waals surface area contributed by atoms with Gasteiger partial charge in [-0.2, -0.15) is 0 Å². The number of aliphatic hydroxyl groups is 2. The first-order valence-electron chi connectivity index (χ1n) is 5.81. The average Bonchev–Trinajstić information content (AvgIpc) is 2.71. The van der Waals surface area contributed by atoms with Gasteiger partial charge in [-0.05, 0) is 13.8 Å². The molecule has 7 heteroatoms. The lowest BCUT2D eigenvalue weighted by atomic mass is 10.1. The number of carbonyl (C=O) groups is 1. The summed E-state index contributed by atoms with van der Waals surface area (Å²) in [4.78, 5) is 11.1. The zero-order valence-electron chi connectivity index (χ0n) is 10.5. The minimum Gasteiger partial charge on any atom is -0.457 e. The molecule has 2 rings (SSSR count). The van der Waals surface area contributed by atoms with Gasteiger partial charge in [0.25, 0.3) is 0 Å². The van der Waals surface area contributed by atoms with Gasteiger partial charge < -0.3 is 29.2 Å². The van der Waals surface area contributed by atoms with E-state index in [2.05, 4.69) is 0 Å². The maximum atomic E-state index is 11.1. The van der Waals surface area contributed by atoms with Gasteiger partial charge in [0, 0.05) is 6.92 Å². The molecule has 18 heavy (non-hydrogen) atoms. The second-order valence-electron chi connectivity index (χ2n) is 4.89. The van der Waals surface area contributed by atoms with Crippen LogP contribution >= 0.6 is 0 Å². The number of carbonyl (C=O) groups excluding carboxylic acids is 1. The zero-order chi connectivity index (χ0) is 13.5. The highest BCUT2D eigenvalue weighted by Crippen LogP contribution is 2.39. The van der Waals surface area contributed by atoms with Crippen molar-refractivity contribution in [3.63, 3.8) is 0 Å². The maximum absolute atomic E-state index is 11.1. The second-order valence-corrected chi connectivity index (χ2v) is 4.89. The minimum atomic E-state index is -1.16. The van der Waals surface area contributed by atoms with E-state index in [1.54, 1.807) is 13.8 Å². The largest absolute Gasteiger partial charge is 0.457 e. The molecule has 0 saturated carbocycles. The Labute approximate surface area is 105 Å². The highest BCUT2D eigenvalue weighted by Gasteiger charge is 2.57. The third kappa shape index (κ3) is 2.50. The summed E-state index contributed by atoms with van der Waals surface area (Å²) in [5.41, 5.74) is 0. The third-order valence-corrected chi connectivity index (χ3v) is 2.90. The predicted octanol–water partition coefficient (Wildman–Crippen LogP) is -0.852. The number of aliphatic hydroxyl groups excluding tert-OH is 2. The Morgan fingerprint density at radius 1 is 1.44 bits per heavy atom. The van der Waals surface area contributed by atoms with Crippen LogP contribution in [0.3, 0.4) is 0 Å². The lowest BCUT2D eigenvalue weighted by Gasteiger charge is -2.27. The van der Waals surface area contributed by atoms with Crippen molar-refractivity contribution in [3.8, 4) is 0 Å². The second kappa shape index (κ2) is 4.75. The number of hydrogen-bond acceptors (Lipinski definition) is 7. The van der Waals surface area contributed by atoms with Crippen LogP contribution in [0.25, 0.3) is 0 Å². The number of hydrogen-bond donors (Lipinski definition) is 2. The van der Waals surface area contributed by atoms with Crippen LogP contribution in [0.1, 0.15) is 20.8 Å². The summed E-state index contributed by atoms with van der Waals surface area (Å²) in [6.07, 6.45) is -4.12. The number of rotatable bonds is 3. The van der Waals surface area contributed by atoms with Crippen molar-refractivity contribution in [2.75, 3.05) is 6.61 Å². The topological polar surface area (TPSA) is 94.5 Å². The first-order valence-corrected chi connectivity index (χ1v) is 5.81. The summed E-state index contributed by atoms with van der Waals surface area (Å²) in [5.74, 6) is -1.34. The molecule has 0 aliphatic carbocycles. The molecule has 0 aromatic rings. The van der Waals surface area contributed by atoms with E-state index in [9.17, 15) is 9.90 Å². The number of esters is 1. The fourth-order valence-corrected chi connectivity index (χ4v) is 2.24. The van der Waals surface area contributed by atoms with Crippen molar-refractivity contribution in [1.82, 2.24) is 0 Å². The molecule has 2 aliphatic heterocycles. The van der Waals surface area contributed by atoms with E-state index in [1.807, 2.05) is 0 Å². The molecule has 2 aliphatic rings. The Morgan fingerprint density at radius 2 is 2.11 bits per heavy atom. The molecule has 0 aromatic heterocycles. The van der Waals surface area contributed by atoms with Crippen LogP contribution in [-0.4, -0.2) is 59.3 Å². The summed E-state index contributed by atoms with van der Waals surface area (Å²) in [7, 11) is 0. The van der Waals surface area contributed by atoms with Crippen LogP contribution in [0.2, 0.25) is 0 Å². The zero-order valence-corrected chi connectivity index (χ0v) is 10.5. The molecule has 2 unspecified atom stereocenters. The Morgan fingerprint density at radius 3 is 2.67 bits per heavy atom. The Hall–Kier alpha value is -0.730. The Bertz CT molecular complexity index is 329. The molecule has 0 aromatic carbocycles. The fourth-order valence-electron chi connectivity index (χ4n) is 2.24. The van der Waals surface area contributed by atoms with Gasteiger partial charge in [0.15, 0.2) is 24.3 Å². The van der Waals surface area contributed by atoms with Gasteiger partial charge in [-0.1, -0.05) is 0 Å². The van der Waals surface area contributed by atoms with Gasteiger partial charge in [0.1, 0.15) is 12.2 Å². The first-order chi connectivity index (χ1) is 8.34. The van der Waals surface area contributed by atoms with Crippen molar-refractivity contribution in [2.45, 2.75) is 57.3 Å². The molecule has 104 valence electrons. The van der Waals surface area contributed by atoms with Crippen molar-refractivity contribution >= 4 is 5.97 Å². The molecule has 0 amide bonds. The van der Waals surface area contributed by atoms with Crippen LogP contribution in [0.15, 0.2) is 0 Å². The summed E-state index contributed by atoms with van der Waals surface area (Å²) >= 11 is 0. The van der Waals surface area contributed by atoms with Crippen LogP contribution < -0.4 is 0 Å². The lowest BCUT2D eigenvalue weighted by molar-refractivity contribution is -0.230. The predicted molar refractivity (Wildman–Crippen MR) is 57.3 cm³/mol. The molecule has 2 fully saturated rings. The van der Waals surface area contributed by atoms with Crippen LogP contribution in [0.5, 0.6) is 0 Å². The average molecular weight is 262 g/mol. The monoisotopic (exact) mass is 262 g/mol. The molecule has 0 spiro atoms. The normalized spacial score (nSPS) is 39.4. The summed E-state index contributed by atoms with van der Waals surface area (Å²) in [6.45, 7) is 4.20. The molecule has 0 bridgehead atoms. The highest BCUT2D eigenvalue weighted by atomic mass is 16.8. The molecule has 2 heterocycles. The van der Waals surface area contributed by atoms with Crippen molar-refractivity contribution in [1.29, 1.82) is 0 Å². The smallest absolute Gasteiger partial charge is 0.303 e. The van der Waals surface area contributed by atoms with Gasteiger partial charge in [-0.3, -0.25) is 4.79 Å². The quantitative estimate of drug-likeness (QED) is 0.639. The molecule has 2 N–H and O–H groups in total. The van der Waals surface area contributed by atoms with E-state index in [1.165, 1.54) is 6.92 Å². The van der Waals surface area contributed by atoms with Gasteiger partial charge in [-0.15, -0.1) is 0 Å². The molecule has 2 saturated heterocycles. The van der Waals surface area contributed by atoms with Gasteiger partial charge in [0.05, 0.1) is 6.61 Å². The Kier molecular flexibility index (Phi) is 3.61. The van der Waals surface area contributed by atoms with Crippen molar-refractivity contribution < 1.29 is 34.0 Å². The van der Waals surface area contributed by atoms with E-state index in [0.717, 1.165) is 0 Å². The van der Waals surface area contributed by atoms with Gasteiger partial charge >= 0.3 is 5.97 Å². The third-order valence-electron chi connectivity index (χ3n) is 2.90. The van der Waals surface area contributed by atoms with E-state index in [-0.39, 0.29) is 0 Å². The molecule has 7 nitrogen and oxygen atoms in total. The van der Waals surface area contributed by atoms with Crippen molar-refractivity contribution in [3.05, 3.63) is 0 Å². The molecule has 0 radical (unpaired) electrons. The van der Waals surface area contributed by atoms with Crippen LogP contribution in [0.4, 0.5) is 0 Å². The van der Waals surface area contributed by atoms with Crippen LogP contribution in [0, 0.1) is 0 Å². The number of fused-ring (bicyclic) bond motifs is 1. The maximum Gasteiger partial charge on any atom is 0.303 e. The minimum absolute atomic E-state index is 0.495. The summed E-state index contributed by atoms with van der Waals surface area (Å²) in [6, 6.07) is 0. The van der Waals surface area contributed by atoms with Crippen LogP contribution in [-0.2, 0) is 23.7 Å². The summed E-state index contributed by atoms with van der Waals surface area (Å²) in [5, 5.41) is 18.6.